The molecule has 0 radical (unpaired) electrons. The third kappa shape index (κ3) is 2.69. The predicted molar refractivity (Wildman–Crippen MR) is 68.3 cm³/mol. The Hall–Kier alpha value is -0.870. The summed E-state index contributed by atoms with van der Waals surface area (Å²) < 4.78 is 5.74. The first-order valence-corrected chi connectivity index (χ1v) is 6.51. The normalized spacial score (nSPS) is 21.4. The first-order chi connectivity index (χ1) is 8.09. The van der Waals surface area contributed by atoms with Crippen molar-refractivity contribution in [2.45, 2.75) is 45.6 Å². The van der Waals surface area contributed by atoms with Crippen LogP contribution in [0.4, 0.5) is 0 Å². The van der Waals surface area contributed by atoms with Crippen molar-refractivity contribution >= 4 is 0 Å². The van der Waals surface area contributed by atoms with E-state index in [-0.39, 0.29) is 6.10 Å². The van der Waals surface area contributed by atoms with Gasteiger partial charge in [0.2, 0.25) is 0 Å². The van der Waals surface area contributed by atoms with Crippen molar-refractivity contribution in [1.29, 1.82) is 0 Å². The number of nitrogens with one attached hydrogen (secondary N) is 2. The number of H-pyrrole nitrogens is 1. The van der Waals surface area contributed by atoms with Gasteiger partial charge in [-0.2, -0.15) is 0 Å². The van der Waals surface area contributed by atoms with Crippen LogP contribution in [-0.4, -0.2) is 29.7 Å². The zero-order valence-electron chi connectivity index (χ0n) is 11.2. The molecule has 1 atom stereocenters. The zero-order chi connectivity index (χ0) is 12.4. The Bertz CT molecular complexity index is 339. The number of hydrogen-bond acceptors (Lipinski definition) is 3. The van der Waals surface area contributed by atoms with E-state index in [9.17, 15) is 0 Å². The number of imidazole rings is 1. The summed E-state index contributed by atoms with van der Waals surface area (Å²) in [5.41, 5.74) is 2.44. The molecule has 1 aliphatic heterocycles. The second-order valence-electron chi connectivity index (χ2n) is 5.29. The monoisotopic (exact) mass is 237 g/mol. The molecule has 0 bridgehead atoms. The van der Waals surface area contributed by atoms with Crippen LogP contribution >= 0.6 is 0 Å². The molecule has 1 unspecified atom stereocenters. The SMILES string of the molecule is CC(C)c1nc(C2CNCCO2)[nH]c1C(C)C. The molecule has 1 aliphatic rings. The summed E-state index contributed by atoms with van der Waals surface area (Å²) in [6, 6.07) is 0. The van der Waals surface area contributed by atoms with Gasteiger partial charge in [0.1, 0.15) is 11.9 Å². The Kier molecular flexibility index (Phi) is 3.84. The number of rotatable bonds is 3. The Morgan fingerprint density at radius 2 is 2.00 bits per heavy atom. The third-order valence-electron chi connectivity index (χ3n) is 3.14. The molecular formula is C13H23N3O. The quantitative estimate of drug-likeness (QED) is 0.848. The van der Waals surface area contributed by atoms with Gasteiger partial charge in [0.15, 0.2) is 0 Å². The van der Waals surface area contributed by atoms with Crippen molar-refractivity contribution in [2.24, 2.45) is 0 Å². The lowest BCUT2D eigenvalue weighted by Gasteiger charge is -2.21. The largest absolute Gasteiger partial charge is 0.368 e. The summed E-state index contributed by atoms with van der Waals surface area (Å²) in [6.45, 7) is 11.3. The van der Waals surface area contributed by atoms with Crippen LogP contribution in [0.5, 0.6) is 0 Å². The average Bonchev–Trinajstić information content (AvgIpc) is 2.75. The van der Waals surface area contributed by atoms with Crippen LogP contribution in [-0.2, 0) is 4.74 Å². The van der Waals surface area contributed by atoms with E-state index in [0.29, 0.717) is 11.8 Å². The predicted octanol–water partition coefficient (Wildman–Crippen LogP) is 2.32. The van der Waals surface area contributed by atoms with Gasteiger partial charge in [-0.25, -0.2) is 4.98 Å². The smallest absolute Gasteiger partial charge is 0.137 e. The minimum Gasteiger partial charge on any atom is -0.368 e. The lowest BCUT2D eigenvalue weighted by Crippen LogP contribution is -2.33. The van der Waals surface area contributed by atoms with Gasteiger partial charge in [0.25, 0.3) is 0 Å². The fourth-order valence-electron chi connectivity index (χ4n) is 2.19. The number of nitrogens with zero attached hydrogens (tertiary/aromatic N) is 1. The topological polar surface area (TPSA) is 49.9 Å². The highest BCUT2D eigenvalue weighted by Gasteiger charge is 2.23. The molecular weight excluding hydrogens is 214 g/mol. The Labute approximate surface area is 103 Å². The van der Waals surface area contributed by atoms with Gasteiger partial charge in [0.05, 0.1) is 12.3 Å². The Morgan fingerprint density at radius 1 is 1.24 bits per heavy atom. The maximum absolute atomic E-state index is 5.74. The number of aromatic amines is 1. The van der Waals surface area contributed by atoms with Crippen LogP contribution in [0.15, 0.2) is 0 Å². The minimum absolute atomic E-state index is 0.0775. The van der Waals surface area contributed by atoms with Crippen molar-refractivity contribution in [3.63, 3.8) is 0 Å². The molecule has 4 nitrogen and oxygen atoms in total. The summed E-state index contributed by atoms with van der Waals surface area (Å²) in [4.78, 5) is 8.19. The van der Waals surface area contributed by atoms with Gasteiger partial charge in [0, 0.05) is 18.8 Å². The van der Waals surface area contributed by atoms with Gasteiger partial charge in [-0.05, 0) is 11.8 Å². The van der Waals surface area contributed by atoms with Gasteiger partial charge in [-0.15, -0.1) is 0 Å². The number of aromatic nitrogens is 2. The molecule has 0 saturated carbocycles. The van der Waals surface area contributed by atoms with E-state index in [4.69, 9.17) is 9.72 Å². The Morgan fingerprint density at radius 3 is 2.47 bits per heavy atom. The summed E-state index contributed by atoms with van der Waals surface area (Å²) in [7, 11) is 0. The molecule has 1 fully saturated rings. The van der Waals surface area contributed by atoms with Crippen LogP contribution in [0, 0.1) is 0 Å². The summed E-state index contributed by atoms with van der Waals surface area (Å²) in [6.07, 6.45) is 0.0775. The summed E-state index contributed by atoms with van der Waals surface area (Å²) >= 11 is 0. The van der Waals surface area contributed by atoms with E-state index >= 15 is 0 Å². The van der Waals surface area contributed by atoms with E-state index in [1.807, 2.05) is 0 Å². The van der Waals surface area contributed by atoms with Crippen LogP contribution < -0.4 is 5.32 Å². The van der Waals surface area contributed by atoms with Crippen molar-refractivity contribution in [2.75, 3.05) is 19.7 Å². The third-order valence-corrected chi connectivity index (χ3v) is 3.14. The maximum Gasteiger partial charge on any atom is 0.137 e. The van der Waals surface area contributed by atoms with Crippen LogP contribution in [0.25, 0.3) is 0 Å². The standard InChI is InChI=1S/C13H23N3O/c1-8(2)11-12(9(3)4)16-13(15-11)10-7-14-5-6-17-10/h8-10,14H,5-7H2,1-4H3,(H,15,16). The van der Waals surface area contributed by atoms with E-state index < -0.39 is 0 Å². The highest BCUT2D eigenvalue weighted by molar-refractivity contribution is 5.22. The fraction of sp³-hybridized carbons (Fsp3) is 0.769. The molecule has 17 heavy (non-hydrogen) atoms. The molecule has 0 spiro atoms. The number of morpholine rings is 1. The Balaban J connectivity index is 2.26. The lowest BCUT2D eigenvalue weighted by atomic mass is 10.0. The molecule has 0 amide bonds. The number of ether oxygens (including phenoxy) is 1. The molecule has 1 aromatic rings. The molecule has 1 saturated heterocycles. The second-order valence-corrected chi connectivity index (χ2v) is 5.29. The van der Waals surface area contributed by atoms with Crippen LogP contribution in [0.1, 0.15) is 62.8 Å². The molecule has 0 aromatic carbocycles. The summed E-state index contributed by atoms with van der Waals surface area (Å²) in [5, 5.41) is 3.34. The summed E-state index contributed by atoms with van der Waals surface area (Å²) in [5.74, 6) is 1.91. The van der Waals surface area contributed by atoms with Crippen LogP contribution in [0.3, 0.4) is 0 Å². The first-order valence-electron chi connectivity index (χ1n) is 6.51. The highest BCUT2D eigenvalue weighted by atomic mass is 16.5. The van der Waals surface area contributed by atoms with E-state index in [1.165, 1.54) is 11.4 Å². The van der Waals surface area contributed by atoms with Gasteiger partial charge in [-0.1, -0.05) is 27.7 Å². The first kappa shape index (κ1) is 12.6. The van der Waals surface area contributed by atoms with E-state index in [0.717, 1.165) is 25.5 Å². The molecule has 96 valence electrons. The molecule has 2 N–H and O–H groups in total. The average molecular weight is 237 g/mol. The van der Waals surface area contributed by atoms with E-state index in [1.54, 1.807) is 0 Å². The van der Waals surface area contributed by atoms with Crippen molar-refractivity contribution < 1.29 is 4.74 Å². The van der Waals surface area contributed by atoms with Crippen molar-refractivity contribution in [1.82, 2.24) is 15.3 Å². The second kappa shape index (κ2) is 5.19. The number of hydrogen-bond donors (Lipinski definition) is 2. The molecule has 4 heteroatoms. The fourth-order valence-corrected chi connectivity index (χ4v) is 2.19. The van der Waals surface area contributed by atoms with E-state index in [2.05, 4.69) is 38.0 Å². The minimum atomic E-state index is 0.0775. The molecule has 0 aliphatic carbocycles. The maximum atomic E-state index is 5.74. The van der Waals surface area contributed by atoms with Crippen molar-refractivity contribution in [3.05, 3.63) is 17.2 Å². The van der Waals surface area contributed by atoms with Crippen molar-refractivity contribution in [3.8, 4) is 0 Å². The van der Waals surface area contributed by atoms with Crippen LogP contribution in [0.2, 0.25) is 0 Å². The van der Waals surface area contributed by atoms with Gasteiger partial charge >= 0.3 is 0 Å². The zero-order valence-corrected chi connectivity index (χ0v) is 11.2. The lowest BCUT2D eigenvalue weighted by molar-refractivity contribution is 0.0225. The highest BCUT2D eigenvalue weighted by Crippen LogP contribution is 2.27. The van der Waals surface area contributed by atoms with Gasteiger partial charge in [-0.3, -0.25) is 0 Å². The van der Waals surface area contributed by atoms with Gasteiger partial charge < -0.3 is 15.0 Å². The molecule has 1 aromatic heterocycles. The molecule has 2 rings (SSSR count). The molecule has 2 heterocycles.